The molecule has 0 spiro atoms. The highest BCUT2D eigenvalue weighted by molar-refractivity contribution is 6.30. The van der Waals surface area contributed by atoms with E-state index in [1.165, 1.54) is 6.08 Å². The zero-order valence-electron chi connectivity index (χ0n) is 14.4. The average molecular weight is 388 g/mol. The summed E-state index contributed by atoms with van der Waals surface area (Å²) in [5.41, 5.74) is 1.67. The van der Waals surface area contributed by atoms with Gasteiger partial charge in [0.05, 0.1) is 0 Å². The van der Waals surface area contributed by atoms with Crippen LogP contribution in [0.25, 0.3) is 6.08 Å². The van der Waals surface area contributed by atoms with Gasteiger partial charge in [0, 0.05) is 17.6 Å². The first kappa shape index (κ1) is 18.8. The number of halogens is 1. The van der Waals surface area contributed by atoms with E-state index in [2.05, 4.69) is 5.32 Å². The Morgan fingerprint density at radius 2 is 1.81 bits per heavy atom. The van der Waals surface area contributed by atoms with Gasteiger partial charge in [-0.25, -0.2) is 4.79 Å². The third kappa shape index (κ3) is 5.76. The molecular formula is C20H18ClNO5. The van der Waals surface area contributed by atoms with E-state index in [4.69, 9.17) is 25.8 Å². The highest BCUT2D eigenvalue weighted by Crippen LogP contribution is 2.31. The Hall–Kier alpha value is -2.99. The van der Waals surface area contributed by atoms with Crippen molar-refractivity contribution in [2.75, 3.05) is 19.8 Å². The number of esters is 1. The van der Waals surface area contributed by atoms with Crippen LogP contribution >= 0.6 is 11.6 Å². The summed E-state index contributed by atoms with van der Waals surface area (Å²) >= 11 is 5.80. The first-order valence-electron chi connectivity index (χ1n) is 8.36. The summed E-state index contributed by atoms with van der Waals surface area (Å²) in [6.45, 7) is 1.00. The molecule has 1 heterocycles. The van der Waals surface area contributed by atoms with Crippen molar-refractivity contribution in [2.24, 2.45) is 0 Å². The number of amides is 1. The quantitative estimate of drug-likeness (QED) is 0.609. The molecule has 0 atom stereocenters. The molecule has 0 saturated heterocycles. The molecular weight excluding hydrogens is 370 g/mol. The molecule has 0 bridgehead atoms. The third-order valence-corrected chi connectivity index (χ3v) is 3.98. The number of benzene rings is 2. The zero-order valence-corrected chi connectivity index (χ0v) is 15.2. The lowest BCUT2D eigenvalue weighted by molar-refractivity contribution is -0.143. The lowest BCUT2D eigenvalue weighted by Gasteiger charge is -2.18. The summed E-state index contributed by atoms with van der Waals surface area (Å²) in [5, 5.41) is 3.30. The molecule has 140 valence electrons. The second-order valence-corrected chi connectivity index (χ2v) is 6.18. The van der Waals surface area contributed by atoms with Gasteiger partial charge in [-0.2, -0.15) is 0 Å². The van der Waals surface area contributed by atoms with Crippen LogP contribution in [0.15, 0.2) is 48.5 Å². The van der Waals surface area contributed by atoms with Gasteiger partial charge in [0.1, 0.15) is 13.2 Å². The molecule has 0 saturated carbocycles. The Morgan fingerprint density at radius 1 is 1.07 bits per heavy atom. The van der Waals surface area contributed by atoms with Crippen molar-refractivity contribution in [3.63, 3.8) is 0 Å². The number of carbonyl (C=O) groups is 2. The fourth-order valence-corrected chi connectivity index (χ4v) is 2.49. The van der Waals surface area contributed by atoms with Gasteiger partial charge < -0.3 is 19.5 Å². The predicted molar refractivity (Wildman–Crippen MR) is 101 cm³/mol. The van der Waals surface area contributed by atoms with Crippen LogP contribution in [0.4, 0.5) is 0 Å². The summed E-state index contributed by atoms with van der Waals surface area (Å²) in [4.78, 5) is 23.5. The summed E-state index contributed by atoms with van der Waals surface area (Å²) < 4.78 is 15.9. The largest absolute Gasteiger partial charge is 0.486 e. The minimum absolute atomic E-state index is 0.334. The number of nitrogens with one attached hydrogen (secondary N) is 1. The maximum atomic E-state index is 11.8. The second kappa shape index (κ2) is 9.09. The van der Waals surface area contributed by atoms with Crippen molar-refractivity contribution < 1.29 is 23.8 Å². The first-order valence-corrected chi connectivity index (χ1v) is 8.73. The Kier molecular flexibility index (Phi) is 6.33. The molecule has 0 fully saturated rings. The van der Waals surface area contributed by atoms with E-state index in [0.29, 0.717) is 36.3 Å². The Labute approximate surface area is 161 Å². The minimum atomic E-state index is -0.605. The number of hydrogen-bond donors (Lipinski definition) is 1. The van der Waals surface area contributed by atoms with Gasteiger partial charge in [0.15, 0.2) is 18.1 Å². The van der Waals surface area contributed by atoms with Crippen LogP contribution in [0.3, 0.4) is 0 Å². The van der Waals surface area contributed by atoms with Gasteiger partial charge in [0.25, 0.3) is 5.91 Å². The van der Waals surface area contributed by atoms with E-state index in [0.717, 1.165) is 11.1 Å². The summed E-state index contributed by atoms with van der Waals surface area (Å²) in [6.07, 6.45) is 2.85. The third-order valence-electron chi connectivity index (χ3n) is 3.73. The number of ether oxygens (including phenoxy) is 3. The zero-order chi connectivity index (χ0) is 19.1. The van der Waals surface area contributed by atoms with Gasteiger partial charge in [-0.05, 0) is 41.5 Å². The maximum absolute atomic E-state index is 11.8. The van der Waals surface area contributed by atoms with Gasteiger partial charge in [0.2, 0.25) is 0 Å². The van der Waals surface area contributed by atoms with E-state index in [1.807, 2.05) is 12.1 Å². The Bertz CT molecular complexity index is 848. The smallest absolute Gasteiger partial charge is 0.331 e. The highest BCUT2D eigenvalue weighted by Gasteiger charge is 2.11. The molecule has 1 N–H and O–H groups in total. The van der Waals surface area contributed by atoms with Crippen LogP contribution in [0.2, 0.25) is 5.02 Å². The summed E-state index contributed by atoms with van der Waals surface area (Å²) in [6, 6.07) is 12.5. The molecule has 0 unspecified atom stereocenters. The van der Waals surface area contributed by atoms with Crippen LogP contribution in [-0.2, 0) is 20.9 Å². The number of hydrogen-bond acceptors (Lipinski definition) is 5. The van der Waals surface area contributed by atoms with Crippen molar-refractivity contribution >= 4 is 29.6 Å². The van der Waals surface area contributed by atoms with Crippen molar-refractivity contribution in [3.8, 4) is 11.5 Å². The minimum Gasteiger partial charge on any atom is -0.486 e. The first-order chi connectivity index (χ1) is 13.1. The van der Waals surface area contributed by atoms with Crippen LogP contribution in [0.1, 0.15) is 11.1 Å². The molecule has 0 aliphatic carbocycles. The highest BCUT2D eigenvalue weighted by atomic mass is 35.5. The summed E-state index contributed by atoms with van der Waals surface area (Å²) in [5.74, 6) is 0.328. The number of rotatable bonds is 6. The molecule has 2 aromatic carbocycles. The molecule has 1 aliphatic heterocycles. The standard InChI is InChI=1S/C20H18ClNO5/c21-16-5-1-15(2-6-16)12-22-19(23)13-27-20(24)8-4-14-3-7-17-18(11-14)26-10-9-25-17/h1-8,11H,9-10,12-13H2,(H,22,23)/b8-4+. The predicted octanol–water partition coefficient (Wildman–Crippen LogP) is 2.98. The lowest BCUT2D eigenvalue weighted by Crippen LogP contribution is -2.28. The monoisotopic (exact) mass is 387 g/mol. The van der Waals surface area contributed by atoms with E-state index in [9.17, 15) is 9.59 Å². The molecule has 1 amide bonds. The molecule has 0 aromatic heterocycles. The van der Waals surface area contributed by atoms with E-state index in [-0.39, 0.29) is 12.5 Å². The molecule has 0 radical (unpaired) electrons. The van der Waals surface area contributed by atoms with Crippen LogP contribution in [-0.4, -0.2) is 31.7 Å². The maximum Gasteiger partial charge on any atom is 0.331 e. The second-order valence-electron chi connectivity index (χ2n) is 5.75. The molecule has 3 rings (SSSR count). The topological polar surface area (TPSA) is 73.9 Å². The lowest BCUT2D eigenvalue weighted by atomic mass is 10.2. The fraction of sp³-hybridized carbons (Fsp3) is 0.200. The van der Waals surface area contributed by atoms with Crippen LogP contribution < -0.4 is 14.8 Å². The molecule has 7 heteroatoms. The van der Waals surface area contributed by atoms with Crippen molar-refractivity contribution in [1.29, 1.82) is 0 Å². The molecule has 27 heavy (non-hydrogen) atoms. The normalized spacial score (nSPS) is 12.6. The fourth-order valence-electron chi connectivity index (χ4n) is 2.37. The van der Waals surface area contributed by atoms with Gasteiger partial charge in [-0.1, -0.05) is 29.8 Å². The van der Waals surface area contributed by atoms with Gasteiger partial charge >= 0.3 is 5.97 Å². The average Bonchev–Trinajstić information content (AvgIpc) is 2.70. The van der Waals surface area contributed by atoms with Crippen molar-refractivity contribution in [2.45, 2.75) is 6.54 Å². The van der Waals surface area contributed by atoms with Gasteiger partial charge in [-0.15, -0.1) is 0 Å². The SMILES string of the molecule is O=C(COC(=O)/C=C/c1ccc2c(c1)OCCO2)NCc1ccc(Cl)cc1. The van der Waals surface area contributed by atoms with E-state index in [1.54, 1.807) is 36.4 Å². The van der Waals surface area contributed by atoms with Crippen molar-refractivity contribution in [3.05, 3.63) is 64.7 Å². The van der Waals surface area contributed by atoms with E-state index >= 15 is 0 Å². The Balaban J connectivity index is 1.43. The van der Waals surface area contributed by atoms with Crippen molar-refractivity contribution in [1.82, 2.24) is 5.32 Å². The van der Waals surface area contributed by atoms with E-state index < -0.39 is 5.97 Å². The molecule has 2 aromatic rings. The molecule has 1 aliphatic rings. The van der Waals surface area contributed by atoms with Crippen LogP contribution in [0.5, 0.6) is 11.5 Å². The molecule has 6 nitrogen and oxygen atoms in total. The number of carbonyl (C=O) groups excluding carboxylic acids is 2. The van der Waals surface area contributed by atoms with Gasteiger partial charge in [-0.3, -0.25) is 4.79 Å². The number of fused-ring (bicyclic) bond motifs is 1. The Morgan fingerprint density at radius 3 is 2.59 bits per heavy atom. The van der Waals surface area contributed by atoms with Crippen LogP contribution in [0, 0.1) is 0 Å². The summed E-state index contributed by atoms with van der Waals surface area (Å²) in [7, 11) is 0.